The first-order chi connectivity index (χ1) is 5.68. The van der Waals surface area contributed by atoms with E-state index in [0.29, 0.717) is 24.3 Å². The highest BCUT2D eigenvalue weighted by Gasteiger charge is 2.37. The maximum absolute atomic E-state index is 5.91. The van der Waals surface area contributed by atoms with E-state index in [1.54, 1.807) is 0 Å². The Morgan fingerprint density at radius 2 is 2.00 bits per heavy atom. The van der Waals surface area contributed by atoms with Crippen LogP contribution in [-0.2, 0) is 4.74 Å². The Labute approximate surface area is 74.9 Å². The van der Waals surface area contributed by atoms with Gasteiger partial charge in [0.15, 0.2) is 0 Å². The van der Waals surface area contributed by atoms with E-state index < -0.39 is 0 Å². The van der Waals surface area contributed by atoms with Gasteiger partial charge in [0.2, 0.25) is 0 Å². The van der Waals surface area contributed by atoms with Gasteiger partial charge in [0.25, 0.3) is 0 Å². The summed E-state index contributed by atoms with van der Waals surface area (Å²) in [6, 6.07) is 1.37. The number of rotatable bonds is 0. The van der Waals surface area contributed by atoms with Gasteiger partial charge in [-0.2, -0.15) is 0 Å². The monoisotopic (exact) mass is 169 g/mol. The van der Waals surface area contributed by atoms with Crippen molar-refractivity contribution in [1.29, 1.82) is 0 Å². The average Bonchev–Trinajstić information content (AvgIpc) is 2.19. The van der Waals surface area contributed by atoms with Crippen LogP contribution in [0.1, 0.15) is 33.1 Å². The van der Waals surface area contributed by atoms with E-state index in [0.717, 1.165) is 0 Å². The molecule has 3 rings (SSSR count). The molecule has 0 aliphatic carbocycles. The molecule has 0 N–H and O–H groups in total. The molecule has 0 aromatic carbocycles. The first-order valence-corrected chi connectivity index (χ1v) is 5.06. The molecular formula is C10H19NO. The molecule has 3 saturated heterocycles. The molecule has 3 fully saturated rings. The molecule has 2 nitrogen and oxygen atoms in total. The molecule has 3 aliphatic heterocycles. The Morgan fingerprint density at radius 1 is 1.25 bits per heavy atom. The lowest BCUT2D eigenvalue weighted by Crippen LogP contribution is -2.44. The van der Waals surface area contributed by atoms with Crippen molar-refractivity contribution in [3.63, 3.8) is 0 Å². The van der Waals surface area contributed by atoms with E-state index in [-0.39, 0.29) is 0 Å². The fourth-order valence-corrected chi connectivity index (χ4v) is 2.64. The highest BCUT2D eigenvalue weighted by atomic mass is 16.5. The topological polar surface area (TPSA) is 12.5 Å². The summed E-state index contributed by atoms with van der Waals surface area (Å²) in [7, 11) is 2.24. The smallest absolute Gasteiger partial charge is 0.0705 e. The molecule has 2 heteroatoms. The van der Waals surface area contributed by atoms with Gasteiger partial charge in [0.1, 0.15) is 0 Å². The van der Waals surface area contributed by atoms with Gasteiger partial charge in [-0.3, -0.25) is 4.90 Å². The van der Waals surface area contributed by atoms with Crippen LogP contribution in [0.2, 0.25) is 0 Å². The quantitative estimate of drug-likeness (QED) is 0.546. The van der Waals surface area contributed by atoms with Crippen molar-refractivity contribution in [2.45, 2.75) is 57.4 Å². The van der Waals surface area contributed by atoms with E-state index in [1.165, 1.54) is 19.3 Å². The summed E-state index contributed by atoms with van der Waals surface area (Å²) in [5.41, 5.74) is 0. The second-order valence-corrected chi connectivity index (χ2v) is 4.36. The van der Waals surface area contributed by atoms with E-state index in [1.807, 2.05) is 0 Å². The molecule has 4 unspecified atom stereocenters. The number of ether oxygens (including phenoxy) is 1. The largest absolute Gasteiger partial charge is 0.374 e. The van der Waals surface area contributed by atoms with Gasteiger partial charge in [-0.15, -0.1) is 0 Å². The Hall–Kier alpha value is -0.0800. The van der Waals surface area contributed by atoms with Crippen LogP contribution in [0.5, 0.6) is 0 Å². The normalized spacial score (nSPS) is 49.2. The van der Waals surface area contributed by atoms with Crippen LogP contribution in [0.3, 0.4) is 0 Å². The van der Waals surface area contributed by atoms with Crippen molar-refractivity contribution in [3.8, 4) is 0 Å². The zero-order chi connectivity index (χ0) is 8.72. The zero-order valence-corrected chi connectivity index (χ0v) is 8.29. The SMILES string of the molecule is CC1OC2CCC1N(C)C(C)C2. The molecule has 4 atom stereocenters. The van der Waals surface area contributed by atoms with Crippen molar-refractivity contribution in [1.82, 2.24) is 4.90 Å². The third kappa shape index (κ3) is 1.27. The lowest BCUT2D eigenvalue weighted by molar-refractivity contribution is -0.0573. The van der Waals surface area contributed by atoms with Crippen molar-refractivity contribution in [3.05, 3.63) is 0 Å². The summed E-state index contributed by atoms with van der Waals surface area (Å²) in [5.74, 6) is 0. The summed E-state index contributed by atoms with van der Waals surface area (Å²) in [6.45, 7) is 4.53. The second-order valence-electron chi connectivity index (χ2n) is 4.36. The van der Waals surface area contributed by atoms with Gasteiger partial charge in [0.05, 0.1) is 12.2 Å². The van der Waals surface area contributed by atoms with Crippen LogP contribution < -0.4 is 0 Å². The average molecular weight is 169 g/mol. The molecule has 3 aliphatic rings. The van der Waals surface area contributed by atoms with Gasteiger partial charge >= 0.3 is 0 Å². The fraction of sp³-hybridized carbons (Fsp3) is 1.00. The summed E-state index contributed by atoms with van der Waals surface area (Å²) < 4.78 is 5.91. The van der Waals surface area contributed by atoms with E-state index >= 15 is 0 Å². The molecule has 0 aromatic heterocycles. The van der Waals surface area contributed by atoms with E-state index in [2.05, 4.69) is 25.8 Å². The van der Waals surface area contributed by atoms with Crippen LogP contribution in [-0.4, -0.2) is 36.2 Å². The minimum atomic E-state index is 0.443. The Bertz CT molecular complexity index is 171. The van der Waals surface area contributed by atoms with Crippen molar-refractivity contribution >= 4 is 0 Å². The van der Waals surface area contributed by atoms with Crippen LogP contribution in [0.25, 0.3) is 0 Å². The highest BCUT2D eigenvalue weighted by Crippen LogP contribution is 2.31. The fourth-order valence-electron chi connectivity index (χ4n) is 2.64. The molecular weight excluding hydrogens is 150 g/mol. The van der Waals surface area contributed by atoms with Crippen molar-refractivity contribution in [2.24, 2.45) is 0 Å². The predicted molar refractivity (Wildman–Crippen MR) is 49.2 cm³/mol. The minimum absolute atomic E-state index is 0.443. The number of hydrogen-bond acceptors (Lipinski definition) is 2. The van der Waals surface area contributed by atoms with Gasteiger partial charge in [-0.1, -0.05) is 0 Å². The van der Waals surface area contributed by atoms with Gasteiger partial charge in [0, 0.05) is 12.1 Å². The molecule has 0 radical (unpaired) electrons. The van der Waals surface area contributed by atoms with Crippen LogP contribution in [0, 0.1) is 0 Å². The lowest BCUT2D eigenvalue weighted by Gasteiger charge is -2.35. The lowest BCUT2D eigenvalue weighted by atomic mass is 10.0. The predicted octanol–water partition coefficient (Wildman–Crippen LogP) is 1.65. The highest BCUT2D eigenvalue weighted by molar-refractivity contribution is 4.90. The van der Waals surface area contributed by atoms with Crippen LogP contribution in [0.4, 0.5) is 0 Å². The van der Waals surface area contributed by atoms with Crippen molar-refractivity contribution < 1.29 is 4.74 Å². The Kier molecular flexibility index (Phi) is 2.13. The summed E-state index contributed by atoms with van der Waals surface area (Å²) in [5, 5.41) is 0. The number of likely N-dealkylation sites (N-methyl/N-ethyl adjacent to an activating group) is 1. The number of hydrogen-bond donors (Lipinski definition) is 0. The van der Waals surface area contributed by atoms with Gasteiger partial charge in [-0.25, -0.2) is 0 Å². The number of nitrogens with zero attached hydrogens (tertiary/aromatic N) is 1. The maximum Gasteiger partial charge on any atom is 0.0705 e. The second kappa shape index (κ2) is 3.00. The van der Waals surface area contributed by atoms with Gasteiger partial charge < -0.3 is 4.74 Å². The molecule has 0 saturated carbocycles. The first-order valence-electron chi connectivity index (χ1n) is 5.06. The molecule has 12 heavy (non-hydrogen) atoms. The van der Waals surface area contributed by atoms with Gasteiger partial charge in [-0.05, 0) is 40.2 Å². The zero-order valence-electron chi connectivity index (χ0n) is 8.29. The molecule has 0 spiro atoms. The maximum atomic E-state index is 5.91. The summed E-state index contributed by atoms with van der Waals surface area (Å²) in [6.07, 6.45) is 4.79. The molecule has 2 bridgehead atoms. The number of fused-ring (bicyclic) bond motifs is 4. The molecule has 0 aromatic rings. The van der Waals surface area contributed by atoms with E-state index in [4.69, 9.17) is 4.74 Å². The minimum Gasteiger partial charge on any atom is -0.374 e. The summed E-state index contributed by atoms with van der Waals surface area (Å²) in [4.78, 5) is 2.50. The van der Waals surface area contributed by atoms with E-state index in [9.17, 15) is 0 Å². The van der Waals surface area contributed by atoms with Crippen LogP contribution >= 0.6 is 0 Å². The third-order valence-corrected chi connectivity index (χ3v) is 3.56. The first kappa shape index (κ1) is 8.52. The summed E-state index contributed by atoms with van der Waals surface area (Å²) >= 11 is 0. The molecule has 0 amide bonds. The van der Waals surface area contributed by atoms with Crippen LogP contribution in [0.15, 0.2) is 0 Å². The Balaban J connectivity index is 2.18. The molecule has 3 heterocycles. The standard InChI is InChI=1S/C10H19NO/c1-7-6-9-4-5-10(11(7)3)8(2)12-9/h7-10H,4-6H2,1-3H3. The van der Waals surface area contributed by atoms with Crippen molar-refractivity contribution in [2.75, 3.05) is 7.05 Å². The Morgan fingerprint density at radius 3 is 2.67 bits per heavy atom. The third-order valence-electron chi connectivity index (χ3n) is 3.56. The molecule has 70 valence electrons.